The van der Waals surface area contributed by atoms with Gasteiger partial charge in [0.05, 0.1) is 22.5 Å². The van der Waals surface area contributed by atoms with Gasteiger partial charge in [0.2, 0.25) is 0 Å². The van der Waals surface area contributed by atoms with Gasteiger partial charge < -0.3 is 4.42 Å². The molecule has 0 fully saturated rings. The molecule has 3 aromatic heterocycles. The lowest BCUT2D eigenvalue weighted by atomic mass is 10.1. The zero-order valence-corrected chi connectivity index (χ0v) is 16.1. The summed E-state index contributed by atoms with van der Waals surface area (Å²) < 4.78 is 5.37. The number of hydrogen-bond donors (Lipinski definition) is 2. The first kappa shape index (κ1) is 19.1. The molecule has 0 saturated carbocycles. The minimum absolute atomic E-state index is 0.382. The van der Waals surface area contributed by atoms with Crippen LogP contribution >= 0.6 is 0 Å². The van der Waals surface area contributed by atoms with Crippen molar-refractivity contribution in [2.24, 2.45) is 0 Å². The number of rotatable bonds is 4. The Hall–Kier alpha value is -4.26. The number of hydrazine groups is 1. The summed E-state index contributed by atoms with van der Waals surface area (Å²) in [6.07, 6.45) is 4.47. The molecule has 0 spiro atoms. The van der Waals surface area contributed by atoms with Crippen molar-refractivity contribution in [1.29, 1.82) is 0 Å². The van der Waals surface area contributed by atoms with E-state index in [-0.39, 0.29) is 0 Å². The van der Waals surface area contributed by atoms with E-state index in [0.717, 1.165) is 5.76 Å². The number of furan rings is 1. The summed E-state index contributed by atoms with van der Waals surface area (Å²) in [5.74, 6) is 0.354. The molecule has 4 rings (SSSR count). The van der Waals surface area contributed by atoms with E-state index in [4.69, 9.17) is 4.42 Å². The number of para-hydroxylation sites is 1. The summed E-state index contributed by atoms with van der Waals surface area (Å²) in [5, 5.41) is 0.672. The molecular formula is C23H18N4O3. The fraction of sp³-hybridized carbons (Fsp3) is 0.0435. The minimum atomic E-state index is -0.485. The highest BCUT2D eigenvalue weighted by molar-refractivity contribution is 6.07. The Labute approximate surface area is 172 Å². The zero-order chi connectivity index (χ0) is 20.9. The molecular weight excluding hydrogens is 380 g/mol. The molecule has 0 radical (unpaired) electrons. The highest BCUT2D eigenvalue weighted by atomic mass is 16.3. The molecule has 0 saturated heterocycles. The summed E-state index contributed by atoms with van der Waals surface area (Å²) in [4.78, 5) is 33.7. The zero-order valence-electron chi connectivity index (χ0n) is 16.1. The first-order valence-electron chi connectivity index (χ1n) is 9.26. The average Bonchev–Trinajstić information content (AvgIpc) is 3.21. The second-order valence-electron chi connectivity index (χ2n) is 6.51. The van der Waals surface area contributed by atoms with E-state index in [2.05, 4.69) is 20.8 Å². The predicted molar refractivity (Wildman–Crippen MR) is 113 cm³/mol. The average molecular weight is 398 g/mol. The molecule has 148 valence electrons. The summed E-state index contributed by atoms with van der Waals surface area (Å²) >= 11 is 0. The number of aryl methyl sites for hydroxylation is 1. The van der Waals surface area contributed by atoms with Crippen molar-refractivity contribution in [2.75, 3.05) is 0 Å². The smallest absolute Gasteiger partial charge is 0.270 e. The van der Waals surface area contributed by atoms with E-state index >= 15 is 0 Å². The molecule has 0 aliphatic carbocycles. The number of aromatic nitrogens is 2. The van der Waals surface area contributed by atoms with Crippen molar-refractivity contribution in [1.82, 2.24) is 20.8 Å². The normalized spacial score (nSPS) is 11.0. The van der Waals surface area contributed by atoms with Crippen molar-refractivity contribution in [2.45, 2.75) is 6.92 Å². The van der Waals surface area contributed by atoms with Crippen molar-refractivity contribution in [3.05, 3.63) is 90.0 Å². The standard InChI is InChI=1S/C23H18N4O3/c1-15-9-10-16(30-15)11-12-22(28)26-27-23(29)18-14-21(20-8-4-5-13-24-20)25-19-7-3-2-6-17(18)19/h2-14H,1H3,(H,26,28)(H,27,29)/b12-11+. The second-order valence-corrected chi connectivity index (χ2v) is 6.51. The largest absolute Gasteiger partial charge is 0.462 e. The molecule has 2 N–H and O–H groups in total. The fourth-order valence-electron chi connectivity index (χ4n) is 2.94. The molecule has 0 bridgehead atoms. The monoisotopic (exact) mass is 398 g/mol. The maximum Gasteiger partial charge on any atom is 0.270 e. The van der Waals surface area contributed by atoms with Crippen LogP contribution in [0.4, 0.5) is 0 Å². The Kier molecular flexibility index (Phi) is 5.34. The number of carbonyl (C=O) groups excluding carboxylic acids is 2. The van der Waals surface area contributed by atoms with Gasteiger partial charge in [0.15, 0.2) is 0 Å². The lowest BCUT2D eigenvalue weighted by Gasteiger charge is -2.10. The van der Waals surface area contributed by atoms with Crippen LogP contribution in [0.2, 0.25) is 0 Å². The Bertz CT molecular complexity index is 1250. The lowest BCUT2D eigenvalue weighted by Crippen LogP contribution is -2.40. The van der Waals surface area contributed by atoms with Crippen LogP contribution < -0.4 is 10.9 Å². The molecule has 0 atom stereocenters. The lowest BCUT2D eigenvalue weighted by molar-refractivity contribution is -0.117. The Morgan fingerprint density at radius 1 is 0.967 bits per heavy atom. The molecule has 0 aliphatic rings. The van der Waals surface area contributed by atoms with Gasteiger partial charge in [-0.2, -0.15) is 0 Å². The van der Waals surface area contributed by atoms with Crippen LogP contribution in [0.15, 0.2) is 77.4 Å². The molecule has 0 aliphatic heterocycles. The third kappa shape index (κ3) is 4.25. The highest BCUT2D eigenvalue weighted by Crippen LogP contribution is 2.23. The van der Waals surface area contributed by atoms with Crippen LogP contribution in [-0.4, -0.2) is 21.8 Å². The van der Waals surface area contributed by atoms with Gasteiger partial charge in [-0.1, -0.05) is 24.3 Å². The van der Waals surface area contributed by atoms with Crippen molar-refractivity contribution in [3.63, 3.8) is 0 Å². The van der Waals surface area contributed by atoms with Gasteiger partial charge in [0, 0.05) is 17.7 Å². The summed E-state index contributed by atoms with van der Waals surface area (Å²) in [5.41, 5.74) is 7.08. The Balaban J connectivity index is 1.55. The molecule has 0 unspecified atom stereocenters. The molecule has 7 nitrogen and oxygen atoms in total. The molecule has 2 amide bonds. The van der Waals surface area contributed by atoms with E-state index in [0.29, 0.717) is 33.6 Å². The Morgan fingerprint density at radius 3 is 2.57 bits per heavy atom. The maximum atomic E-state index is 12.8. The number of benzene rings is 1. The van der Waals surface area contributed by atoms with Gasteiger partial charge in [-0.3, -0.25) is 25.4 Å². The molecule has 1 aromatic carbocycles. The number of hydrogen-bond acceptors (Lipinski definition) is 5. The number of nitrogens with zero attached hydrogens (tertiary/aromatic N) is 2. The van der Waals surface area contributed by atoms with Crippen LogP contribution in [0.5, 0.6) is 0 Å². The Morgan fingerprint density at radius 2 is 1.80 bits per heavy atom. The molecule has 3 heterocycles. The van der Waals surface area contributed by atoms with E-state index < -0.39 is 11.8 Å². The molecule has 4 aromatic rings. The highest BCUT2D eigenvalue weighted by Gasteiger charge is 2.14. The number of fused-ring (bicyclic) bond motifs is 1. The third-order valence-corrected chi connectivity index (χ3v) is 4.35. The summed E-state index contributed by atoms with van der Waals surface area (Å²) in [6.45, 7) is 1.82. The van der Waals surface area contributed by atoms with Crippen LogP contribution in [-0.2, 0) is 4.79 Å². The number of carbonyl (C=O) groups is 2. The van der Waals surface area contributed by atoms with E-state index in [9.17, 15) is 9.59 Å². The van der Waals surface area contributed by atoms with Crippen molar-refractivity contribution >= 4 is 28.8 Å². The summed E-state index contributed by atoms with van der Waals surface area (Å²) in [7, 11) is 0. The van der Waals surface area contributed by atoms with Crippen LogP contribution in [0.3, 0.4) is 0 Å². The molecule has 7 heteroatoms. The quantitative estimate of drug-likeness (QED) is 0.404. The van der Waals surface area contributed by atoms with Crippen molar-refractivity contribution < 1.29 is 14.0 Å². The van der Waals surface area contributed by atoms with Crippen LogP contribution in [0, 0.1) is 6.92 Å². The minimum Gasteiger partial charge on any atom is -0.462 e. The number of amides is 2. The SMILES string of the molecule is Cc1ccc(/C=C/C(=O)NNC(=O)c2cc(-c3ccccn3)nc3ccccc23)o1. The predicted octanol–water partition coefficient (Wildman–Crippen LogP) is 3.67. The van der Waals surface area contributed by atoms with Crippen molar-refractivity contribution in [3.8, 4) is 11.4 Å². The van der Waals surface area contributed by atoms with Crippen LogP contribution in [0.25, 0.3) is 28.4 Å². The van der Waals surface area contributed by atoms with Gasteiger partial charge in [-0.15, -0.1) is 0 Å². The summed E-state index contributed by atoms with van der Waals surface area (Å²) in [6, 6.07) is 18.0. The van der Waals surface area contributed by atoms with E-state index in [1.54, 1.807) is 30.5 Å². The van der Waals surface area contributed by atoms with Gasteiger partial charge >= 0.3 is 0 Å². The van der Waals surface area contributed by atoms with E-state index in [1.807, 2.05) is 43.3 Å². The second kappa shape index (κ2) is 8.40. The van der Waals surface area contributed by atoms with E-state index in [1.165, 1.54) is 12.2 Å². The topological polar surface area (TPSA) is 97.1 Å². The maximum absolute atomic E-state index is 12.8. The van der Waals surface area contributed by atoms with Gasteiger partial charge in [0.25, 0.3) is 11.8 Å². The first-order valence-corrected chi connectivity index (χ1v) is 9.26. The fourth-order valence-corrected chi connectivity index (χ4v) is 2.94. The third-order valence-electron chi connectivity index (χ3n) is 4.35. The number of nitrogens with one attached hydrogen (secondary N) is 2. The number of pyridine rings is 2. The van der Waals surface area contributed by atoms with Crippen LogP contribution in [0.1, 0.15) is 21.9 Å². The van der Waals surface area contributed by atoms with Gasteiger partial charge in [-0.25, -0.2) is 4.98 Å². The first-order chi connectivity index (χ1) is 14.6. The molecule has 30 heavy (non-hydrogen) atoms. The van der Waals surface area contributed by atoms with Gasteiger partial charge in [-0.05, 0) is 49.4 Å². The van der Waals surface area contributed by atoms with Gasteiger partial charge in [0.1, 0.15) is 11.5 Å².